The van der Waals surface area contributed by atoms with Gasteiger partial charge in [-0.05, 0) is 19.3 Å². The number of sulfonamides is 1. The standard InChI is InChI=1S/C10H23NO2S/c1-4-6-7-8-10(3)9-11-14(12,13)5-2/h10-11H,4-9H2,1-3H3/t10-/m0/s1. The van der Waals surface area contributed by atoms with E-state index in [1.54, 1.807) is 6.92 Å². The molecule has 0 unspecified atom stereocenters. The summed E-state index contributed by atoms with van der Waals surface area (Å²) in [6, 6.07) is 0. The largest absolute Gasteiger partial charge is 0.215 e. The second-order valence-electron chi connectivity index (χ2n) is 3.85. The van der Waals surface area contributed by atoms with Crippen LogP contribution in [-0.4, -0.2) is 20.7 Å². The second-order valence-corrected chi connectivity index (χ2v) is 5.95. The molecule has 0 rings (SSSR count). The van der Waals surface area contributed by atoms with Gasteiger partial charge in [-0.3, -0.25) is 0 Å². The number of hydrogen-bond acceptors (Lipinski definition) is 2. The molecular weight excluding hydrogens is 198 g/mol. The zero-order chi connectivity index (χ0) is 11.0. The molecular formula is C10H23NO2S. The van der Waals surface area contributed by atoms with Gasteiger partial charge in [0.2, 0.25) is 10.0 Å². The molecule has 0 fully saturated rings. The minimum atomic E-state index is -3.00. The average Bonchev–Trinajstić information content (AvgIpc) is 2.16. The average molecular weight is 221 g/mol. The summed E-state index contributed by atoms with van der Waals surface area (Å²) in [7, 11) is -3.00. The predicted molar refractivity (Wildman–Crippen MR) is 60.8 cm³/mol. The van der Waals surface area contributed by atoms with Crippen LogP contribution in [0.25, 0.3) is 0 Å². The summed E-state index contributed by atoms with van der Waals surface area (Å²) in [6.45, 7) is 6.50. The molecule has 86 valence electrons. The zero-order valence-corrected chi connectivity index (χ0v) is 10.4. The third-order valence-electron chi connectivity index (χ3n) is 2.33. The molecule has 0 heterocycles. The lowest BCUT2D eigenvalue weighted by atomic mass is 10.0. The van der Waals surface area contributed by atoms with Crippen molar-refractivity contribution in [3.8, 4) is 0 Å². The molecule has 0 aromatic heterocycles. The summed E-state index contributed by atoms with van der Waals surface area (Å²) >= 11 is 0. The van der Waals surface area contributed by atoms with Gasteiger partial charge in [0.25, 0.3) is 0 Å². The van der Waals surface area contributed by atoms with Crippen LogP contribution >= 0.6 is 0 Å². The lowest BCUT2D eigenvalue weighted by molar-refractivity contribution is 0.483. The minimum Gasteiger partial charge on any atom is -0.215 e. The van der Waals surface area contributed by atoms with Crippen LogP contribution < -0.4 is 4.72 Å². The van der Waals surface area contributed by atoms with Gasteiger partial charge in [0.15, 0.2) is 0 Å². The van der Waals surface area contributed by atoms with Crippen molar-refractivity contribution in [2.75, 3.05) is 12.3 Å². The highest BCUT2D eigenvalue weighted by Gasteiger charge is 2.08. The molecule has 0 radical (unpaired) electrons. The Hall–Kier alpha value is -0.0900. The van der Waals surface area contributed by atoms with Crippen molar-refractivity contribution in [3.05, 3.63) is 0 Å². The van der Waals surface area contributed by atoms with E-state index in [1.807, 2.05) is 0 Å². The van der Waals surface area contributed by atoms with Crippen molar-refractivity contribution in [2.45, 2.75) is 46.5 Å². The molecule has 0 aromatic rings. The first kappa shape index (κ1) is 13.9. The Morgan fingerprint density at radius 1 is 1.21 bits per heavy atom. The Morgan fingerprint density at radius 2 is 1.86 bits per heavy atom. The number of hydrogen-bond donors (Lipinski definition) is 1. The van der Waals surface area contributed by atoms with Gasteiger partial charge in [-0.1, -0.05) is 33.1 Å². The van der Waals surface area contributed by atoms with E-state index in [9.17, 15) is 8.42 Å². The van der Waals surface area contributed by atoms with Crippen molar-refractivity contribution < 1.29 is 8.42 Å². The number of rotatable bonds is 8. The van der Waals surface area contributed by atoms with E-state index in [0.717, 1.165) is 6.42 Å². The Balaban J connectivity index is 3.58. The van der Waals surface area contributed by atoms with E-state index >= 15 is 0 Å². The van der Waals surface area contributed by atoms with E-state index in [2.05, 4.69) is 18.6 Å². The third-order valence-corrected chi connectivity index (χ3v) is 3.70. The van der Waals surface area contributed by atoms with Crippen molar-refractivity contribution in [3.63, 3.8) is 0 Å². The van der Waals surface area contributed by atoms with E-state index in [1.165, 1.54) is 19.3 Å². The van der Waals surface area contributed by atoms with Crippen molar-refractivity contribution in [2.24, 2.45) is 5.92 Å². The molecule has 0 aliphatic rings. The molecule has 14 heavy (non-hydrogen) atoms. The second kappa shape index (κ2) is 7.23. The Kier molecular flexibility index (Phi) is 7.19. The van der Waals surface area contributed by atoms with Crippen molar-refractivity contribution >= 4 is 10.0 Å². The summed E-state index contributed by atoms with van der Waals surface area (Å²) in [5.74, 6) is 0.622. The molecule has 0 bridgehead atoms. The molecule has 1 atom stereocenters. The minimum absolute atomic E-state index is 0.175. The van der Waals surface area contributed by atoms with Gasteiger partial charge in [-0.2, -0.15) is 0 Å². The molecule has 0 aromatic carbocycles. The highest BCUT2D eigenvalue weighted by Crippen LogP contribution is 2.08. The lowest BCUT2D eigenvalue weighted by Gasteiger charge is -2.11. The predicted octanol–water partition coefficient (Wildman–Crippen LogP) is 2.14. The first-order valence-corrected chi connectivity index (χ1v) is 7.14. The van der Waals surface area contributed by atoms with Crippen LogP contribution in [0, 0.1) is 5.92 Å². The maximum Gasteiger partial charge on any atom is 0.211 e. The summed E-state index contributed by atoms with van der Waals surface area (Å²) in [5.41, 5.74) is 0. The maximum atomic E-state index is 11.1. The van der Waals surface area contributed by atoms with Crippen LogP contribution in [0.1, 0.15) is 46.5 Å². The molecule has 0 spiro atoms. The first-order chi connectivity index (χ1) is 6.52. The van der Waals surface area contributed by atoms with E-state index in [4.69, 9.17) is 0 Å². The quantitative estimate of drug-likeness (QED) is 0.638. The lowest BCUT2D eigenvalue weighted by Crippen LogP contribution is -2.29. The van der Waals surface area contributed by atoms with Crippen LogP contribution in [0.15, 0.2) is 0 Å². The van der Waals surface area contributed by atoms with E-state index in [0.29, 0.717) is 12.5 Å². The topological polar surface area (TPSA) is 46.2 Å². The van der Waals surface area contributed by atoms with Gasteiger partial charge >= 0.3 is 0 Å². The molecule has 4 heteroatoms. The van der Waals surface area contributed by atoms with Crippen LogP contribution in [0.3, 0.4) is 0 Å². The Bertz CT molecular complexity index is 224. The van der Waals surface area contributed by atoms with Gasteiger partial charge in [0.05, 0.1) is 5.75 Å². The molecule has 0 saturated heterocycles. The fourth-order valence-corrected chi connectivity index (χ4v) is 1.96. The highest BCUT2D eigenvalue weighted by atomic mass is 32.2. The Labute approximate surface area is 88.3 Å². The summed E-state index contributed by atoms with van der Waals surface area (Å²) in [4.78, 5) is 0. The van der Waals surface area contributed by atoms with Gasteiger partial charge in [0.1, 0.15) is 0 Å². The van der Waals surface area contributed by atoms with Gasteiger partial charge in [-0.25, -0.2) is 13.1 Å². The maximum absolute atomic E-state index is 11.1. The number of nitrogens with one attached hydrogen (secondary N) is 1. The summed E-state index contributed by atoms with van der Waals surface area (Å²) in [6.07, 6.45) is 4.77. The zero-order valence-electron chi connectivity index (χ0n) is 9.54. The molecule has 3 nitrogen and oxygen atoms in total. The normalized spacial score (nSPS) is 14.2. The third kappa shape index (κ3) is 7.33. The van der Waals surface area contributed by atoms with Crippen LogP contribution in [0.4, 0.5) is 0 Å². The van der Waals surface area contributed by atoms with Crippen LogP contribution in [-0.2, 0) is 10.0 Å². The van der Waals surface area contributed by atoms with Gasteiger partial charge in [-0.15, -0.1) is 0 Å². The molecule has 0 aliphatic heterocycles. The summed E-state index contributed by atoms with van der Waals surface area (Å²) in [5, 5.41) is 0. The first-order valence-electron chi connectivity index (χ1n) is 5.49. The Morgan fingerprint density at radius 3 is 2.36 bits per heavy atom. The van der Waals surface area contributed by atoms with Crippen molar-refractivity contribution in [1.29, 1.82) is 0 Å². The van der Waals surface area contributed by atoms with Gasteiger partial charge in [0, 0.05) is 6.54 Å². The monoisotopic (exact) mass is 221 g/mol. The molecule has 1 N–H and O–H groups in total. The molecule has 0 aliphatic carbocycles. The van der Waals surface area contributed by atoms with Crippen LogP contribution in [0.2, 0.25) is 0 Å². The highest BCUT2D eigenvalue weighted by molar-refractivity contribution is 7.89. The summed E-state index contributed by atoms with van der Waals surface area (Å²) < 4.78 is 24.9. The molecule has 0 amide bonds. The fraction of sp³-hybridized carbons (Fsp3) is 1.00. The van der Waals surface area contributed by atoms with E-state index in [-0.39, 0.29) is 5.75 Å². The number of unbranched alkanes of at least 4 members (excludes halogenated alkanes) is 2. The van der Waals surface area contributed by atoms with Crippen LogP contribution in [0.5, 0.6) is 0 Å². The van der Waals surface area contributed by atoms with Crippen molar-refractivity contribution in [1.82, 2.24) is 4.72 Å². The molecule has 0 saturated carbocycles. The fourth-order valence-electron chi connectivity index (χ4n) is 1.22. The SMILES string of the molecule is CCCCC[C@H](C)CNS(=O)(=O)CC. The van der Waals surface area contributed by atoms with Gasteiger partial charge < -0.3 is 0 Å². The van der Waals surface area contributed by atoms with E-state index < -0.39 is 10.0 Å². The smallest absolute Gasteiger partial charge is 0.211 e.